The van der Waals surface area contributed by atoms with E-state index < -0.39 is 54.9 Å². The molecule has 5 nitrogen and oxygen atoms in total. The van der Waals surface area contributed by atoms with Gasteiger partial charge in [-0.15, -0.1) is 0 Å². The second-order valence-corrected chi connectivity index (χ2v) is 10.9. The lowest BCUT2D eigenvalue weighted by Gasteiger charge is -2.20. The van der Waals surface area contributed by atoms with Crippen molar-refractivity contribution in [3.05, 3.63) is 87.4 Å². The van der Waals surface area contributed by atoms with Gasteiger partial charge in [-0.2, -0.15) is 8.78 Å². The number of pyridine rings is 1. The highest BCUT2D eigenvalue weighted by Gasteiger charge is 2.36. The number of hydrogen-bond acceptors (Lipinski definition) is 4. The molecule has 1 amide bonds. The minimum Gasteiger partial charge on any atom is -0.346 e. The number of hydrogen-bond donors (Lipinski definition) is 1. The van der Waals surface area contributed by atoms with Crippen molar-refractivity contribution in [2.75, 3.05) is 6.54 Å². The normalized spacial score (nSPS) is 14.1. The van der Waals surface area contributed by atoms with Crippen molar-refractivity contribution in [3.8, 4) is 0 Å². The van der Waals surface area contributed by atoms with Crippen molar-refractivity contribution in [1.82, 2.24) is 10.3 Å². The third kappa shape index (κ3) is 5.06. The van der Waals surface area contributed by atoms with Crippen LogP contribution in [0.15, 0.2) is 58.5 Å². The Labute approximate surface area is 206 Å². The first-order valence-electron chi connectivity index (χ1n) is 10.8. The van der Waals surface area contributed by atoms with Crippen LogP contribution in [-0.4, -0.2) is 25.9 Å². The maximum atomic E-state index is 15.1. The molecular weight excluding hydrogens is 501 g/mol. The van der Waals surface area contributed by atoms with Crippen LogP contribution in [0, 0.1) is 19.7 Å². The Kier molecular flexibility index (Phi) is 6.68. The summed E-state index contributed by atoms with van der Waals surface area (Å²) < 4.78 is 71.4. The van der Waals surface area contributed by atoms with Gasteiger partial charge in [0.15, 0.2) is 0 Å². The molecule has 0 unspecified atom stereocenters. The average Bonchev–Trinajstić information content (AvgIpc) is 3.62. The lowest BCUT2D eigenvalue weighted by atomic mass is 10.1. The predicted molar refractivity (Wildman–Crippen MR) is 125 cm³/mol. The number of amides is 1. The van der Waals surface area contributed by atoms with Crippen molar-refractivity contribution in [2.45, 2.75) is 48.3 Å². The van der Waals surface area contributed by atoms with Gasteiger partial charge in [-0.1, -0.05) is 35.9 Å². The Morgan fingerprint density at radius 3 is 2.51 bits per heavy atom. The summed E-state index contributed by atoms with van der Waals surface area (Å²) in [6, 6.07) is 9.29. The van der Waals surface area contributed by atoms with Crippen LogP contribution in [0.5, 0.6) is 0 Å². The second-order valence-electron chi connectivity index (χ2n) is 8.63. The van der Waals surface area contributed by atoms with E-state index in [1.54, 1.807) is 6.92 Å². The largest absolute Gasteiger partial charge is 0.346 e. The molecule has 2 aromatic carbocycles. The van der Waals surface area contributed by atoms with E-state index in [1.165, 1.54) is 43.3 Å². The maximum absolute atomic E-state index is 15.1. The smallest absolute Gasteiger partial charge is 0.291 e. The van der Waals surface area contributed by atoms with Gasteiger partial charge in [0, 0.05) is 17.5 Å². The van der Waals surface area contributed by atoms with Crippen LogP contribution in [0.25, 0.3) is 0 Å². The predicted octanol–water partition coefficient (Wildman–Crippen LogP) is 5.72. The number of aryl methyl sites for hydroxylation is 2. The van der Waals surface area contributed by atoms with Crippen LogP contribution in [0.2, 0.25) is 5.02 Å². The molecule has 35 heavy (non-hydrogen) atoms. The Hall–Kier alpha value is -2.91. The fourth-order valence-electron chi connectivity index (χ4n) is 3.80. The summed E-state index contributed by atoms with van der Waals surface area (Å²) in [5.41, 5.74) is 0.405. The number of benzene rings is 2. The van der Waals surface area contributed by atoms with E-state index >= 15 is 4.39 Å². The summed E-state index contributed by atoms with van der Waals surface area (Å²) in [5.74, 6) is -5.50. The molecule has 1 aliphatic rings. The molecule has 1 aromatic heterocycles. The number of aromatic nitrogens is 1. The Balaban J connectivity index is 1.66. The lowest BCUT2D eigenvalue weighted by Crippen LogP contribution is -2.36. The van der Waals surface area contributed by atoms with E-state index in [0.29, 0.717) is 11.1 Å². The Morgan fingerprint density at radius 1 is 1.14 bits per heavy atom. The molecule has 1 N–H and O–H groups in total. The third-order valence-corrected chi connectivity index (χ3v) is 7.94. The summed E-state index contributed by atoms with van der Waals surface area (Å²) in [7, 11) is -4.51. The second kappa shape index (κ2) is 9.28. The molecule has 0 aliphatic heterocycles. The van der Waals surface area contributed by atoms with Crippen LogP contribution in [0.4, 0.5) is 13.2 Å². The molecule has 0 bridgehead atoms. The van der Waals surface area contributed by atoms with E-state index in [-0.39, 0.29) is 16.6 Å². The molecule has 10 heteroatoms. The van der Waals surface area contributed by atoms with Gasteiger partial charge in [-0.05, 0) is 61.9 Å². The average molecular weight is 523 g/mol. The molecule has 1 saturated carbocycles. The first-order chi connectivity index (χ1) is 16.4. The molecule has 3 aromatic rings. The van der Waals surface area contributed by atoms with Gasteiger partial charge in [-0.25, -0.2) is 12.8 Å². The quantitative estimate of drug-likeness (QED) is 0.430. The Bertz CT molecular complexity index is 1420. The minimum absolute atomic E-state index is 0.0418. The summed E-state index contributed by atoms with van der Waals surface area (Å²) >= 11 is 5.96. The monoisotopic (exact) mass is 522 g/mol. The third-order valence-electron chi connectivity index (χ3n) is 5.83. The molecule has 1 heterocycles. The zero-order chi connectivity index (χ0) is 25.5. The number of rotatable bonds is 7. The van der Waals surface area contributed by atoms with Crippen LogP contribution < -0.4 is 5.32 Å². The summed E-state index contributed by atoms with van der Waals surface area (Å²) in [6.45, 7) is 2.09. The van der Waals surface area contributed by atoms with E-state index in [9.17, 15) is 22.0 Å². The highest BCUT2D eigenvalue weighted by Crippen LogP contribution is 2.43. The summed E-state index contributed by atoms with van der Waals surface area (Å²) in [6.07, 6.45) is 2.47. The molecule has 0 atom stereocenters. The van der Waals surface area contributed by atoms with Gasteiger partial charge in [0.05, 0.1) is 17.1 Å². The van der Waals surface area contributed by atoms with E-state index in [2.05, 4.69) is 10.3 Å². The number of carbonyl (C=O) groups excluding carboxylic acids is 1. The first-order valence-corrected chi connectivity index (χ1v) is 12.7. The van der Waals surface area contributed by atoms with Gasteiger partial charge < -0.3 is 5.32 Å². The molecule has 1 aliphatic carbocycles. The zero-order valence-corrected chi connectivity index (χ0v) is 20.5. The van der Waals surface area contributed by atoms with Gasteiger partial charge in [0.25, 0.3) is 11.8 Å². The summed E-state index contributed by atoms with van der Waals surface area (Å²) in [4.78, 5) is 15.7. The molecule has 4 rings (SSSR count). The van der Waals surface area contributed by atoms with Gasteiger partial charge in [0.1, 0.15) is 15.6 Å². The number of nitrogens with one attached hydrogen (secondary N) is 1. The van der Waals surface area contributed by atoms with Crippen LogP contribution >= 0.6 is 11.6 Å². The Morgan fingerprint density at radius 2 is 1.86 bits per heavy atom. The fraction of sp³-hybridized carbons (Fsp3) is 0.280. The number of carbonyl (C=O) groups is 1. The van der Waals surface area contributed by atoms with Crippen LogP contribution in [0.1, 0.15) is 51.5 Å². The minimum atomic E-state index is -4.51. The van der Waals surface area contributed by atoms with Gasteiger partial charge in [-0.3, -0.25) is 9.78 Å². The lowest BCUT2D eigenvalue weighted by molar-refractivity contribution is -0.00240. The van der Waals surface area contributed by atoms with Crippen molar-refractivity contribution in [3.63, 3.8) is 0 Å². The molecule has 0 radical (unpaired) electrons. The van der Waals surface area contributed by atoms with Crippen LogP contribution in [0.3, 0.4) is 0 Å². The van der Waals surface area contributed by atoms with Gasteiger partial charge in [0.2, 0.25) is 9.84 Å². The topological polar surface area (TPSA) is 76.1 Å². The number of alkyl halides is 2. The van der Waals surface area contributed by atoms with Crippen molar-refractivity contribution in [1.29, 1.82) is 0 Å². The molecular formula is C25H22ClF3N2O3S. The highest BCUT2D eigenvalue weighted by atomic mass is 35.5. The van der Waals surface area contributed by atoms with Crippen molar-refractivity contribution < 1.29 is 26.4 Å². The number of halogens is 4. The molecule has 0 saturated heterocycles. The van der Waals surface area contributed by atoms with Crippen molar-refractivity contribution in [2.24, 2.45) is 0 Å². The SMILES string of the molecule is Cc1ccc(C(F)(F)CNC(=O)c2cc(C)ncc2S(=O)(=O)c2cccc(C3CC3)c2F)c(Cl)c1. The standard InChI is InChI=1S/C25H22ClF3N2O3S/c1-14-6-9-19(20(26)10-14)25(28,29)13-31-24(32)18-11-15(2)30-12-22(18)35(33,34)21-5-3-4-17(23(21)27)16-7-8-16/h3-6,9-12,16H,7-8,13H2,1-2H3,(H,31,32). The fourth-order valence-corrected chi connectivity index (χ4v) is 5.66. The molecule has 0 spiro atoms. The molecule has 184 valence electrons. The number of nitrogens with zero attached hydrogens (tertiary/aromatic N) is 1. The van der Waals surface area contributed by atoms with Crippen LogP contribution in [-0.2, 0) is 15.8 Å². The van der Waals surface area contributed by atoms with Gasteiger partial charge >= 0.3 is 0 Å². The summed E-state index contributed by atoms with van der Waals surface area (Å²) in [5, 5.41) is 1.94. The van der Waals surface area contributed by atoms with E-state index in [0.717, 1.165) is 25.1 Å². The highest BCUT2D eigenvalue weighted by molar-refractivity contribution is 7.91. The maximum Gasteiger partial charge on any atom is 0.291 e. The first kappa shape index (κ1) is 25.2. The molecule has 1 fully saturated rings. The van der Waals surface area contributed by atoms with Crippen molar-refractivity contribution >= 4 is 27.3 Å². The number of sulfone groups is 1. The van der Waals surface area contributed by atoms with E-state index in [1.807, 2.05) is 0 Å². The zero-order valence-electron chi connectivity index (χ0n) is 18.9. The van der Waals surface area contributed by atoms with E-state index in [4.69, 9.17) is 11.6 Å².